The molecule has 1 aliphatic heterocycles. The SMILES string of the molecule is C=CC1CC(COC(NNC)C(=O)Nc2cnccc2N2CCNCC2)CCC1SC. The van der Waals surface area contributed by atoms with Crippen LogP contribution in [-0.4, -0.2) is 68.5 Å². The van der Waals surface area contributed by atoms with E-state index in [1.807, 2.05) is 17.8 Å². The van der Waals surface area contributed by atoms with Crippen LogP contribution >= 0.6 is 11.8 Å². The first kappa shape index (κ1) is 24.0. The van der Waals surface area contributed by atoms with Crippen molar-refractivity contribution in [3.63, 3.8) is 0 Å². The highest BCUT2D eigenvalue weighted by Gasteiger charge is 2.30. The van der Waals surface area contributed by atoms with Gasteiger partial charge in [0.25, 0.3) is 5.91 Å². The number of allylic oxidation sites excluding steroid dienone is 1. The van der Waals surface area contributed by atoms with E-state index in [1.165, 1.54) is 0 Å². The van der Waals surface area contributed by atoms with Gasteiger partial charge < -0.3 is 20.3 Å². The first-order valence-corrected chi connectivity index (χ1v) is 12.3. The summed E-state index contributed by atoms with van der Waals surface area (Å²) < 4.78 is 6.03. The maximum absolute atomic E-state index is 13.0. The summed E-state index contributed by atoms with van der Waals surface area (Å²) in [7, 11) is 1.73. The zero-order valence-electron chi connectivity index (χ0n) is 18.6. The van der Waals surface area contributed by atoms with Gasteiger partial charge in [0.05, 0.1) is 24.2 Å². The van der Waals surface area contributed by atoms with Gasteiger partial charge in [-0.1, -0.05) is 6.08 Å². The number of amides is 1. The summed E-state index contributed by atoms with van der Waals surface area (Å²) in [5.41, 5.74) is 7.47. The number of hydrogen-bond acceptors (Lipinski definition) is 8. The van der Waals surface area contributed by atoms with Gasteiger partial charge in [0.2, 0.25) is 6.23 Å². The number of rotatable bonds is 10. The maximum atomic E-state index is 13.0. The average Bonchev–Trinajstić information content (AvgIpc) is 2.82. The Kier molecular flexibility index (Phi) is 9.60. The third-order valence-corrected chi connectivity index (χ3v) is 7.26. The van der Waals surface area contributed by atoms with E-state index in [-0.39, 0.29) is 5.91 Å². The summed E-state index contributed by atoms with van der Waals surface area (Å²) in [5, 5.41) is 6.99. The number of aromatic nitrogens is 1. The van der Waals surface area contributed by atoms with Gasteiger partial charge in [-0.2, -0.15) is 11.8 Å². The number of thioether (sulfide) groups is 1. The van der Waals surface area contributed by atoms with Gasteiger partial charge in [-0.05, 0) is 50.5 Å². The molecule has 2 fully saturated rings. The normalized spacial score (nSPS) is 25.1. The molecule has 1 aliphatic carbocycles. The lowest BCUT2D eigenvalue weighted by Gasteiger charge is -2.34. The average molecular weight is 449 g/mol. The third kappa shape index (κ3) is 6.66. The molecule has 4 atom stereocenters. The minimum absolute atomic E-state index is 0.239. The Morgan fingerprint density at radius 3 is 2.97 bits per heavy atom. The van der Waals surface area contributed by atoms with E-state index in [9.17, 15) is 4.79 Å². The minimum Gasteiger partial charge on any atom is -0.367 e. The molecular weight excluding hydrogens is 412 g/mol. The fourth-order valence-corrected chi connectivity index (χ4v) is 5.31. The predicted molar refractivity (Wildman–Crippen MR) is 128 cm³/mol. The van der Waals surface area contributed by atoms with Gasteiger partial charge in [0.1, 0.15) is 0 Å². The van der Waals surface area contributed by atoms with Crippen molar-refractivity contribution in [1.82, 2.24) is 21.2 Å². The number of nitrogens with one attached hydrogen (secondary N) is 4. The molecule has 9 heteroatoms. The standard InChI is InChI=1S/C22H36N6O2S/c1-4-17-13-16(5-6-20(17)31-3)15-30-22(27-23-2)21(29)26-18-14-25-8-7-19(18)28-11-9-24-10-12-28/h4,7-8,14,16-17,20,22-24,27H,1,5-6,9-13,15H2,2-3H3,(H,26,29). The third-order valence-electron chi connectivity index (χ3n) is 6.07. The molecule has 31 heavy (non-hydrogen) atoms. The van der Waals surface area contributed by atoms with Crippen molar-refractivity contribution in [3.8, 4) is 0 Å². The topological polar surface area (TPSA) is 90.5 Å². The number of carbonyl (C=O) groups is 1. The fourth-order valence-electron chi connectivity index (χ4n) is 4.37. The smallest absolute Gasteiger partial charge is 0.269 e. The maximum Gasteiger partial charge on any atom is 0.269 e. The molecule has 3 rings (SSSR count). The molecule has 172 valence electrons. The van der Waals surface area contributed by atoms with E-state index in [2.05, 4.69) is 50.3 Å². The summed E-state index contributed by atoms with van der Waals surface area (Å²) in [4.78, 5) is 19.5. The molecule has 0 radical (unpaired) electrons. The molecule has 2 heterocycles. The largest absolute Gasteiger partial charge is 0.367 e. The monoisotopic (exact) mass is 448 g/mol. The molecule has 1 saturated carbocycles. The Morgan fingerprint density at radius 2 is 2.26 bits per heavy atom. The van der Waals surface area contributed by atoms with Crippen LogP contribution in [0.25, 0.3) is 0 Å². The zero-order chi connectivity index (χ0) is 22.1. The Bertz CT molecular complexity index is 715. The lowest BCUT2D eigenvalue weighted by Crippen LogP contribution is -2.49. The van der Waals surface area contributed by atoms with Crippen LogP contribution in [0.3, 0.4) is 0 Å². The van der Waals surface area contributed by atoms with Gasteiger partial charge in [-0.25, -0.2) is 5.43 Å². The summed E-state index contributed by atoms with van der Waals surface area (Å²) >= 11 is 1.92. The van der Waals surface area contributed by atoms with Crippen LogP contribution in [0.15, 0.2) is 31.1 Å². The summed E-state index contributed by atoms with van der Waals surface area (Å²) in [6.45, 7) is 8.18. The fraction of sp³-hybridized carbons (Fsp3) is 0.636. The Hall–Kier alpha value is -1.65. The molecule has 4 N–H and O–H groups in total. The van der Waals surface area contributed by atoms with Crippen LogP contribution in [0.4, 0.5) is 11.4 Å². The molecule has 4 unspecified atom stereocenters. The molecular formula is C22H36N6O2S. The molecule has 2 aliphatic rings. The molecule has 0 bridgehead atoms. The van der Waals surface area contributed by atoms with Crippen molar-refractivity contribution in [2.24, 2.45) is 11.8 Å². The Morgan fingerprint density at radius 1 is 1.45 bits per heavy atom. The van der Waals surface area contributed by atoms with Crippen molar-refractivity contribution in [2.75, 3.05) is 56.3 Å². The Balaban J connectivity index is 1.59. The number of nitrogens with zero attached hydrogens (tertiary/aromatic N) is 2. The summed E-state index contributed by atoms with van der Waals surface area (Å²) in [6.07, 6.45) is 10.2. The van der Waals surface area contributed by atoms with E-state index in [4.69, 9.17) is 4.74 Å². The molecule has 0 aromatic carbocycles. The van der Waals surface area contributed by atoms with Gasteiger partial charge in [-0.3, -0.25) is 15.2 Å². The van der Waals surface area contributed by atoms with E-state index < -0.39 is 6.23 Å². The number of hydrazine groups is 1. The highest BCUT2D eigenvalue weighted by Crippen LogP contribution is 2.36. The molecule has 1 saturated heterocycles. The van der Waals surface area contributed by atoms with Crippen molar-refractivity contribution >= 4 is 29.0 Å². The number of carbonyl (C=O) groups excluding carboxylic acids is 1. The summed E-state index contributed by atoms with van der Waals surface area (Å²) in [6, 6.07) is 1.95. The first-order valence-electron chi connectivity index (χ1n) is 11.1. The van der Waals surface area contributed by atoms with Crippen molar-refractivity contribution in [3.05, 3.63) is 31.1 Å². The zero-order valence-corrected chi connectivity index (χ0v) is 19.4. The molecule has 0 spiro atoms. The number of hydrogen-bond donors (Lipinski definition) is 4. The van der Waals surface area contributed by atoms with E-state index in [1.54, 1.807) is 19.4 Å². The second kappa shape index (κ2) is 12.4. The van der Waals surface area contributed by atoms with E-state index >= 15 is 0 Å². The Labute approximate surface area is 189 Å². The quantitative estimate of drug-likeness (QED) is 0.245. The van der Waals surface area contributed by atoms with Gasteiger partial charge in [0, 0.05) is 37.6 Å². The lowest BCUT2D eigenvalue weighted by atomic mass is 9.81. The van der Waals surface area contributed by atoms with Gasteiger partial charge >= 0.3 is 0 Å². The minimum atomic E-state index is -0.790. The number of anilines is 2. The number of pyridine rings is 1. The summed E-state index contributed by atoms with van der Waals surface area (Å²) in [5.74, 6) is 0.686. The van der Waals surface area contributed by atoms with Crippen LogP contribution < -0.4 is 26.4 Å². The first-order chi connectivity index (χ1) is 15.2. The molecule has 8 nitrogen and oxygen atoms in total. The van der Waals surface area contributed by atoms with E-state index in [0.29, 0.717) is 29.4 Å². The van der Waals surface area contributed by atoms with Gasteiger partial charge in [0.15, 0.2) is 0 Å². The van der Waals surface area contributed by atoms with Crippen molar-refractivity contribution < 1.29 is 9.53 Å². The highest BCUT2D eigenvalue weighted by atomic mass is 32.2. The second-order valence-electron chi connectivity index (χ2n) is 8.08. The number of ether oxygens (including phenoxy) is 1. The number of piperazine rings is 1. The lowest BCUT2D eigenvalue weighted by molar-refractivity contribution is -0.131. The van der Waals surface area contributed by atoms with Crippen LogP contribution in [0.2, 0.25) is 0 Å². The van der Waals surface area contributed by atoms with Crippen LogP contribution in [-0.2, 0) is 9.53 Å². The molecule has 1 amide bonds. The van der Waals surface area contributed by atoms with Crippen LogP contribution in [0.1, 0.15) is 19.3 Å². The second-order valence-corrected chi connectivity index (χ2v) is 9.16. The van der Waals surface area contributed by atoms with Crippen molar-refractivity contribution in [2.45, 2.75) is 30.7 Å². The molecule has 1 aromatic heterocycles. The van der Waals surface area contributed by atoms with E-state index in [0.717, 1.165) is 51.1 Å². The van der Waals surface area contributed by atoms with Crippen LogP contribution in [0, 0.1) is 11.8 Å². The van der Waals surface area contributed by atoms with Crippen molar-refractivity contribution in [1.29, 1.82) is 0 Å². The van der Waals surface area contributed by atoms with Crippen LogP contribution in [0.5, 0.6) is 0 Å². The predicted octanol–water partition coefficient (Wildman–Crippen LogP) is 1.83. The van der Waals surface area contributed by atoms with Gasteiger partial charge in [-0.15, -0.1) is 6.58 Å². The highest BCUT2D eigenvalue weighted by molar-refractivity contribution is 7.99. The molecule has 1 aromatic rings.